The molecule has 0 aliphatic carbocycles. The second-order valence-corrected chi connectivity index (χ2v) is 6.23. The first kappa shape index (κ1) is 18.7. The minimum atomic E-state index is 0.271. The first-order valence-electron chi connectivity index (χ1n) is 8.95. The van der Waals surface area contributed by atoms with Crippen molar-refractivity contribution in [3.63, 3.8) is 0 Å². The molecule has 3 aromatic carbocycles. The van der Waals surface area contributed by atoms with E-state index in [0.717, 1.165) is 33.8 Å². The van der Waals surface area contributed by atoms with E-state index in [4.69, 9.17) is 0 Å². The van der Waals surface area contributed by atoms with Crippen LogP contribution in [0.5, 0.6) is 0 Å². The normalized spacial score (nSPS) is 9.75. The van der Waals surface area contributed by atoms with E-state index in [0.29, 0.717) is 0 Å². The van der Waals surface area contributed by atoms with Crippen LogP contribution in [-0.4, -0.2) is 0 Å². The van der Waals surface area contributed by atoms with Crippen LogP contribution in [0.15, 0.2) is 72.8 Å². The minimum Gasteiger partial charge on any atom is -0.310 e. The monoisotopic (exact) mass is 362 g/mol. The molecule has 28 heavy (non-hydrogen) atoms. The summed E-state index contributed by atoms with van der Waals surface area (Å²) in [4.78, 5) is 2.06. The molecule has 0 saturated heterocycles. The third kappa shape index (κ3) is 3.85. The predicted molar refractivity (Wildman–Crippen MR) is 109 cm³/mol. The largest absolute Gasteiger partial charge is 0.310 e. The summed E-state index contributed by atoms with van der Waals surface area (Å²) in [6.45, 7) is 0. The molecule has 0 unspecified atom stereocenters. The van der Waals surface area contributed by atoms with Gasteiger partial charge in [-0.1, -0.05) is 54.6 Å². The van der Waals surface area contributed by atoms with Gasteiger partial charge in [0, 0.05) is 0 Å². The Morgan fingerprint density at radius 3 is 1.07 bits per heavy atom. The van der Waals surface area contributed by atoms with Gasteiger partial charge in [-0.2, -0.15) is 15.8 Å². The summed E-state index contributed by atoms with van der Waals surface area (Å²) >= 11 is 0. The smallest absolute Gasteiger partial charge is 0.0670 e. The zero-order chi connectivity index (χ0) is 19.8. The Hall–Kier alpha value is -4.07. The van der Waals surface area contributed by atoms with Crippen LogP contribution in [0.3, 0.4) is 0 Å². The third-order valence-corrected chi connectivity index (χ3v) is 4.51. The maximum Gasteiger partial charge on any atom is 0.0670 e. The first-order valence-corrected chi connectivity index (χ1v) is 8.95. The maximum absolute atomic E-state index is 9.29. The zero-order valence-electron chi connectivity index (χ0n) is 15.3. The van der Waals surface area contributed by atoms with Crippen LogP contribution >= 0.6 is 0 Å². The second kappa shape index (κ2) is 9.04. The van der Waals surface area contributed by atoms with Gasteiger partial charge in [0.2, 0.25) is 0 Å². The molecule has 0 aliphatic rings. The van der Waals surface area contributed by atoms with Crippen molar-refractivity contribution in [1.82, 2.24) is 0 Å². The van der Waals surface area contributed by atoms with E-state index in [1.54, 1.807) is 0 Å². The highest BCUT2D eigenvalue weighted by atomic mass is 15.1. The van der Waals surface area contributed by atoms with Gasteiger partial charge in [0.25, 0.3) is 0 Å². The number of hydrogen-bond acceptors (Lipinski definition) is 4. The molecule has 0 bridgehead atoms. The molecule has 134 valence electrons. The summed E-state index contributed by atoms with van der Waals surface area (Å²) in [6, 6.07) is 30.0. The van der Waals surface area contributed by atoms with Crippen molar-refractivity contribution < 1.29 is 0 Å². The van der Waals surface area contributed by atoms with Gasteiger partial charge in [-0.3, -0.25) is 0 Å². The Labute approximate surface area is 165 Å². The topological polar surface area (TPSA) is 74.6 Å². The van der Waals surface area contributed by atoms with E-state index in [1.165, 1.54) is 0 Å². The quantitative estimate of drug-likeness (QED) is 0.592. The molecule has 0 aliphatic heterocycles. The third-order valence-electron chi connectivity index (χ3n) is 4.51. The van der Waals surface area contributed by atoms with Gasteiger partial charge in [0.05, 0.1) is 54.5 Å². The lowest BCUT2D eigenvalue weighted by Gasteiger charge is -2.30. The average molecular weight is 362 g/mol. The van der Waals surface area contributed by atoms with Gasteiger partial charge in [-0.05, 0) is 34.9 Å². The van der Waals surface area contributed by atoms with Gasteiger partial charge in [-0.15, -0.1) is 0 Å². The summed E-state index contributed by atoms with van der Waals surface area (Å²) < 4.78 is 0. The van der Waals surface area contributed by atoms with Crippen molar-refractivity contribution in [2.75, 3.05) is 4.90 Å². The Kier molecular flexibility index (Phi) is 6.04. The van der Waals surface area contributed by atoms with Crippen LogP contribution in [0, 0.1) is 34.0 Å². The van der Waals surface area contributed by atoms with Gasteiger partial charge < -0.3 is 4.90 Å². The Morgan fingerprint density at radius 2 is 0.786 bits per heavy atom. The molecule has 0 N–H and O–H groups in total. The number of rotatable bonds is 6. The highest BCUT2D eigenvalue weighted by Gasteiger charge is 2.20. The van der Waals surface area contributed by atoms with Gasteiger partial charge in [0.15, 0.2) is 0 Å². The van der Waals surface area contributed by atoms with Crippen LogP contribution in [0.1, 0.15) is 16.7 Å². The van der Waals surface area contributed by atoms with Crippen molar-refractivity contribution in [1.29, 1.82) is 15.8 Å². The van der Waals surface area contributed by atoms with Crippen molar-refractivity contribution in [2.45, 2.75) is 19.3 Å². The number of hydrogen-bond donors (Lipinski definition) is 0. The van der Waals surface area contributed by atoms with E-state index in [9.17, 15) is 15.8 Å². The Balaban J connectivity index is 2.31. The molecule has 0 spiro atoms. The average Bonchev–Trinajstić information content (AvgIpc) is 2.72. The summed E-state index contributed by atoms with van der Waals surface area (Å²) in [7, 11) is 0. The van der Waals surface area contributed by atoms with E-state index < -0.39 is 0 Å². The molecule has 0 radical (unpaired) electrons. The summed E-state index contributed by atoms with van der Waals surface area (Å²) in [6.07, 6.45) is 0.814. The fourth-order valence-electron chi connectivity index (χ4n) is 3.28. The summed E-state index contributed by atoms with van der Waals surface area (Å²) in [5.74, 6) is 0. The SMILES string of the molecule is N#CCc1ccccc1N(c1ccccc1CC#N)c1ccccc1CC#N. The van der Waals surface area contributed by atoms with Crippen molar-refractivity contribution >= 4 is 17.1 Å². The van der Waals surface area contributed by atoms with Crippen molar-refractivity contribution in [2.24, 2.45) is 0 Å². The molecule has 0 amide bonds. The highest BCUT2D eigenvalue weighted by molar-refractivity contribution is 5.82. The van der Waals surface area contributed by atoms with Gasteiger partial charge in [-0.25, -0.2) is 0 Å². The molecular weight excluding hydrogens is 344 g/mol. The zero-order valence-corrected chi connectivity index (χ0v) is 15.3. The Morgan fingerprint density at radius 1 is 0.500 bits per heavy atom. The maximum atomic E-state index is 9.29. The lowest BCUT2D eigenvalue weighted by atomic mass is 10.0. The van der Waals surface area contributed by atoms with Crippen molar-refractivity contribution in [3.8, 4) is 18.2 Å². The fourth-order valence-corrected chi connectivity index (χ4v) is 3.28. The van der Waals surface area contributed by atoms with E-state index in [1.807, 2.05) is 72.8 Å². The molecule has 4 nitrogen and oxygen atoms in total. The molecule has 0 fully saturated rings. The molecule has 0 heterocycles. The number of nitriles is 3. The van der Waals surface area contributed by atoms with Gasteiger partial charge >= 0.3 is 0 Å². The van der Waals surface area contributed by atoms with Crippen LogP contribution in [0.4, 0.5) is 17.1 Å². The molecule has 0 atom stereocenters. The first-order chi connectivity index (χ1) is 13.8. The van der Waals surface area contributed by atoms with E-state index in [2.05, 4.69) is 23.1 Å². The van der Waals surface area contributed by atoms with Crippen molar-refractivity contribution in [3.05, 3.63) is 89.5 Å². The lowest BCUT2D eigenvalue weighted by Crippen LogP contribution is -2.15. The van der Waals surface area contributed by atoms with Crippen LogP contribution < -0.4 is 4.90 Å². The summed E-state index contributed by atoms with van der Waals surface area (Å²) in [5, 5.41) is 27.9. The van der Waals surface area contributed by atoms with E-state index in [-0.39, 0.29) is 19.3 Å². The summed E-state index contributed by atoms with van der Waals surface area (Å²) in [5.41, 5.74) is 5.30. The Bertz CT molecular complexity index is 955. The van der Waals surface area contributed by atoms with Crippen LogP contribution in [0.25, 0.3) is 0 Å². The molecule has 3 rings (SSSR count). The highest BCUT2D eigenvalue weighted by Crippen LogP contribution is 2.40. The van der Waals surface area contributed by atoms with Gasteiger partial charge in [0.1, 0.15) is 0 Å². The standard InChI is InChI=1S/C24H18N4/c25-16-13-19-7-1-4-10-22(19)28(23-11-5-2-8-20(23)14-17-26)24-12-6-3-9-21(24)15-18-27/h1-12H,13-15H2. The fraction of sp³-hybridized carbons (Fsp3) is 0.125. The number of anilines is 3. The molecule has 0 saturated carbocycles. The molecule has 3 aromatic rings. The molecule has 0 aromatic heterocycles. The molecular formula is C24H18N4. The van der Waals surface area contributed by atoms with Crippen LogP contribution in [0.2, 0.25) is 0 Å². The lowest BCUT2D eigenvalue weighted by molar-refractivity contribution is 1.14. The number of para-hydroxylation sites is 3. The number of benzene rings is 3. The number of nitrogens with zero attached hydrogens (tertiary/aromatic N) is 4. The minimum absolute atomic E-state index is 0.271. The predicted octanol–water partition coefficient (Wildman–Crippen LogP) is 5.35. The van der Waals surface area contributed by atoms with Crippen LogP contribution in [-0.2, 0) is 19.3 Å². The second-order valence-electron chi connectivity index (χ2n) is 6.23. The molecule has 4 heteroatoms. The van der Waals surface area contributed by atoms with E-state index >= 15 is 0 Å².